The van der Waals surface area contributed by atoms with E-state index in [9.17, 15) is 24.3 Å². The number of amides is 3. The zero-order chi connectivity index (χ0) is 19.1. The van der Waals surface area contributed by atoms with E-state index in [0.717, 1.165) is 10.1 Å². The average molecular weight is 362 g/mol. The number of imide groups is 1. The van der Waals surface area contributed by atoms with Crippen molar-refractivity contribution in [1.82, 2.24) is 14.7 Å². The molecule has 2 aliphatic rings. The van der Waals surface area contributed by atoms with Crippen molar-refractivity contribution in [2.24, 2.45) is 0 Å². The van der Waals surface area contributed by atoms with E-state index in [2.05, 4.69) is 0 Å². The van der Waals surface area contributed by atoms with Crippen LogP contribution in [0, 0.1) is 0 Å². The minimum Gasteiger partial charge on any atom is -0.497 e. The second kappa shape index (κ2) is 6.15. The van der Waals surface area contributed by atoms with Gasteiger partial charge in [0.1, 0.15) is 6.54 Å². The Hall–Kier alpha value is -3.40. The number of fused-ring (bicyclic) bond motifs is 1. The molecule has 3 amide bonds. The van der Waals surface area contributed by atoms with Crippen molar-refractivity contribution in [3.8, 4) is 0 Å². The molecule has 0 aromatic heterocycles. The van der Waals surface area contributed by atoms with Gasteiger partial charge in [-0.15, -0.1) is 0 Å². The maximum absolute atomic E-state index is 12.7. The van der Waals surface area contributed by atoms with Crippen LogP contribution >= 0.6 is 0 Å². The summed E-state index contributed by atoms with van der Waals surface area (Å²) in [6.07, 6.45) is -0.554. The minimum atomic E-state index is -1.35. The monoisotopic (exact) mass is 362 g/mol. The molecule has 2 heterocycles. The minimum absolute atomic E-state index is 0.00856. The number of carbonyl (C=O) groups is 4. The largest absolute Gasteiger partial charge is 0.587 e. The Morgan fingerprint density at radius 1 is 1.23 bits per heavy atom. The van der Waals surface area contributed by atoms with Crippen LogP contribution in [-0.4, -0.2) is 50.7 Å². The molecule has 2 N–H and O–H groups in total. The fourth-order valence-corrected chi connectivity index (χ4v) is 2.89. The van der Waals surface area contributed by atoms with Crippen molar-refractivity contribution in [1.29, 1.82) is 0 Å². The number of aliphatic hydroxyl groups is 1. The Balaban J connectivity index is 2.09. The summed E-state index contributed by atoms with van der Waals surface area (Å²) in [4.78, 5) is 54.1. The molecule has 0 spiro atoms. The van der Waals surface area contributed by atoms with Gasteiger partial charge >= 0.3 is 18.0 Å². The lowest BCUT2D eigenvalue weighted by atomic mass is 10.2. The van der Waals surface area contributed by atoms with E-state index < -0.39 is 46.6 Å². The third kappa shape index (κ3) is 2.23. The van der Waals surface area contributed by atoms with E-state index in [4.69, 9.17) is 9.94 Å². The van der Waals surface area contributed by atoms with E-state index in [1.807, 2.05) is 0 Å². The van der Waals surface area contributed by atoms with Crippen LogP contribution in [-0.2, 0) is 19.2 Å². The maximum Gasteiger partial charge on any atom is 0.587 e. The van der Waals surface area contributed by atoms with E-state index in [0.29, 0.717) is 6.42 Å². The molecule has 1 aromatic rings. The first-order valence-electron chi connectivity index (χ1n) is 7.83. The first kappa shape index (κ1) is 17.4. The zero-order valence-corrected chi connectivity index (χ0v) is 13.8. The molecule has 2 aliphatic heterocycles. The van der Waals surface area contributed by atoms with Crippen LogP contribution in [0.4, 0.5) is 10.5 Å². The van der Waals surface area contributed by atoms with Gasteiger partial charge in [-0.05, 0) is 6.42 Å². The summed E-state index contributed by atoms with van der Waals surface area (Å²) in [5.41, 5.74) is 0.188. The number of aliphatic carboxylic acids is 1. The van der Waals surface area contributed by atoms with Gasteiger partial charge in [0.15, 0.2) is 5.69 Å². The normalized spacial score (nSPS) is 21.2. The summed E-state index contributed by atoms with van der Waals surface area (Å²) in [5, 5.41) is 20.2. The number of rotatable bonds is 6. The summed E-state index contributed by atoms with van der Waals surface area (Å²) >= 11 is 0. The standard InChI is InChI=1S/C16H15N3O7/c1-2-6-11(20)17(9-12(21)22)14-13(23)15(24)19(16(25)26-18(14)19)10-7-4-3-5-8-10/h3-5,7-8H,2,6,9H2,1H3,(H-,21,22,23)/p+1. The fraction of sp³-hybridized carbons (Fsp3) is 0.250. The Kier molecular flexibility index (Phi) is 4.12. The summed E-state index contributed by atoms with van der Waals surface area (Å²) in [5.74, 6) is -4.37. The molecular weight excluding hydrogens is 346 g/mol. The van der Waals surface area contributed by atoms with Crippen LogP contribution < -0.4 is 4.59 Å². The first-order chi connectivity index (χ1) is 12.4. The van der Waals surface area contributed by atoms with E-state index >= 15 is 0 Å². The number of aliphatic hydroxyl groups excluding tert-OH is 1. The predicted molar refractivity (Wildman–Crippen MR) is 85.5 cm³/mol. The van der Waals surface area contributed by atoms with Crippen LogP contribution in [0.3, 0.4) is 0 Å². The second-order valence-electron chi connectivity index (χ2n) is 5.70. The van der Waals surface area contributed by atoms with Crippen LogP contribution in [0.25, 0.3) is 0 Å². The van der Waals surface area contributed by atoms with Crippen LogP contribution in [0.2, 0.25) is 0 Å². The van der Waals surface area contributed by atoms with E-state index in [-0.39, 0.29) is 12.1 Å². The molecule has 10 heteroatoms. The lowest BCUT2D eigenvalue weighted by Gasteiger charge is -2.41. The van der Waals surface area contributed by atoms with Gasteiger partial charge in [0, 0.05) is 28.3 Å². The highest BCUT2D eigenvalue weighted by molar-refractivity contribution is 6.16. The van der Waals surface area contributed by atoms with Crippen LogP contribution in [0.15, 0.2) is 41.9 Å². The summed E-state index contributed by atoms with van der Waals surface area (Å²) < 4.78 is -1.11. The Morgan fingerprint density at radius 3 is 2.42 bits per heavy atom. The molecule has 1 fully saturated rings. The molecule has 10 nitrogen and oxygen atoms in total. The third-order valence-electron chi connectivity index (χ3n) is 4.03. The SMILES string of the molecule is CCCC(=O)N(CC(=O)O)C1=C(O)C(=O)[N+]2(c3ccccc3)C(=O)ON12. The zero-order valence-electron chi connectivity index (χ0n) is 13.8. The topological polar surface area (TPSA) is 124 Å². The van der Waals surface area contributed by atoms with Gasteiger partial charge in [-0.1, -0.05) is 25.1 Å². The number of para-hydroxylation sites is 1. The summed E-state index contributed by atoms with van der Waals surface area (Å²) in [7, 11) is 0. The maximum atomic E-state index is 12.7. The van der Waals surface area contributed by atoms with Crippen molar-refractivity contribution < 1.29 is 34.2 Å². The predicted octanol–water partition coefficient (Wildman–Crippen LogP) is 1.26. The highest BCUT2D eigenvalue weighted by atomic mass is 16.8. The molecule has 3 rings (SSSR count). The van der Waals surface area contributed by atoms with Gasteiger partial charge in [-0.2, -0.15) is 4.79 Å². The van der Waals surface area contributed by atoms with Crippen LogP contribution in [0.1, 0.15) is 19.8 Å². The fourth-order valence-electron chi connectivity index (χ4n) is 2.89. The lowest BCUT2D eigenvalue weighted by Crippen LogP contribution is -2.75. The number of hydrogen-bond donors (Lipinski definition) is 2. The second-order valence-corrected chi connectivity index (χ2v) is 5.70. The van der Waals surface area contributed by atoms with Gasteiger partial charge in [0.05, 0.1) is 0 Å². The molecule has 0 bridgehead atoms. The Bertz CT molecular complexity index is 836. The highest BCUT2D eigenvalue weighted by Crippen LogP contribution is 2.45. The molecule has 0 saturated carbocycles. The first-order valence-corrected chi connectivity index (χ1v) is 7.83. The van der Waals surface area contributed by atoms with E-state index in [1.54, 1.807) is 25.1 Å². The average Bonchev–Trinajstić information content (AvgIpc) is 2.77. The van der Waals surface area contributed by atoms with Gasteiger partial charge in [0.2, 0.25) is 5.91 Å². The number of carboxylic acids is 1. The molecule has 1 saturated heterocycles. The highest BCUT2D eigenvalue weighted by Gasteiger charge is 2.75. The Morgan fingerprint density at radius 2 is 1.88 bits per heavy atom. The van der Waals surface area contributed by atoms with Crippen LogP contribution in [0.5, 0.6) is 0 Å². The summed E-state index contributed by atoms with van der Waals surface area (Å²) in [6, 6.07) is 7.82. The number of hydroxylamine groups is 1. The number of hydrogen-bond acceptors (Lipinski definition) is 7. The van der Waals surface area contributed by atoms with Crippen molar-refractivity contribution in [2.75, 3.05) is 6.54 Å². The smallest absolute Gasteiger partial charge is 0.497 e. The van der Waals surface area contributed by atoms with Crippen molar-refractivity contribution >= 4 is 29.6 Å². The third-order valence-corrected chi connectivity index (χ3v) is 4.03. The van der Waals surface area contributed by atoms with Gasteiger partial charge < -0.3 is 10.2 Å². The van der Waals surface area contributed by atoms with Crippen molar-refractivity contribution in [3.05, 3.63) is 41.9 Å². The van der Waals surface area contributed by atoms with Crippen molar-refractivity contribution in [2.45, 2.75) is 19.8 Å². The molecule has 0 radical (unpaired) electrons. The molecule has 26 heavy (non-hydrogen) atoms. The molecule has 136 valence electrons. The quantitative estimate of drug-likeness (QED) is 0.725. The molecule has 1 aromatic carbocycles. The molecular formula is C16H16N3O7+. The summed E-state index contributed by atoms with van der Waals surface area (Å²) in [6.45, 7) is 0.924. The number of benzene rings is 1. The van der Waals surface area contributed by atoms with Gasteiger partial charge in [0.25, 0.3) is 11.6 Å². The van der Waals surface area contributed by atoms with Gasteiger partial charge in [-0.3, -0.25) is 14.5 Å². The number of quaternary nitrogens is 1. The lowest BCUT2D eigenvalue weighted by molar-refractivity contribution is -0.267. The number of carbonyl (C=O) groups excluding carboxylic acids is 3. The number of nitrogens with zero attached hydrogens (tertiary/aromatic N) is 3. The van der Waals surface area contributed by atoms with E-state index in [1.165, 1.54) is 12.1 Å². The van der Waals surface area contributed by atoms with Gasteiger partial charge in [-0.25, -0.2) is 9.63 Å². The molecule has 1 atom stereocenters. The molecule has 0 aliphatic carbocycles. The Labute approximate surface area is 147 Å². The molecule has 1 unspecified atom stereocenters. The van der Waals surface area contributed by atoms with Crippen molar-refractivity contribution in [3.63, 3.8) is 0 Å². The number of carboxylic acid groups (broad SMARTS) is 1.